The molecule has 0 saturated carbocycles. The summed E-state index contributed by atoms with van der Waals surface area (Å²) >= 11 is 0. The van der Waals surface area contributed by atoms with Gasteiger partial charge in [0, 0.05) is 11.6 Å². The van der Waals surface area contributed by atoms with Gasteiger partial charge in [-0.2, -0.15) is 0 Å². The highest BCUT2D eigenvalue weighted by Crippen LogP contribution is 2.30. The second kappa shape index (κ2) is 13.5. The Hall–Kier alpha value is -4.73. The molecule has 0 aliphatic heterocycles. The molecule has 0 aliphatic carbocycles. The Morgan fingerprint density at radius 2 is 1.56 bits per heavy atom. The highest BCUT2D eigenvalue weighted by atomic mass is 16.5. The maximum atomic E-state index is 13.8. The van der Waals surface area contributed by atoms with Crippen LogP contribution in [0.2, 0.25) is 0 Å². The topological polar surface area (TPSA) is 154 Å². The Kier molecular flexibility index (Phi) is 9.80. The van der Waals surface area contributed by atoms with Gasteiger partial charge in [-0.3, -0.25) is 24.2 Å². The summed E-state index contributed by atoms with van der Waals surface area (Å²) < 4.78 is 5.56. The van der Waals surface area contributed by atoms with E-state index in [1.807, 2.05) is 38.1 Å². The molecule has 3 aromatic carbocycles. The summed E-state index contributed by atoms with van der Waals surface area (Å²) in [6.07, 6.45) is 1.04. The van der Waals surface area contributed by atoms with Crippen LogP contribution in [0, 0.1) is 5.92 Å². The van der Waals surface area contributed by atoms with Crippen LogP contribution in [0.5, 0.6) is 5.75 Å². The number of hydrogen-bond donors (Lipinski definition) is 3. The molecule has 0 fully saturated rings. The van der Waals surface area contributed by atoms with Crippen LogP contribution in [0.1, 0.15) is 54.2 Å². The van der Waals surface area contributed by atoms with Crippen LogP contribution in [-0.2, 0) is 14.4 Å². The van der Waals surface area contributed by atoms with E-state index in [4.69, 9.17) is 16.2 Å². The number of rotatable bonds is 13. The Balaban J connectivity index is 1.57. The molecule has 1 unspecified atom stereocenters. The largest absolute Gasteiger partial charge is 0.495 e. The summed E-state index contributed by atoms with van der Waals surface area (Å²) in [7, 11) is 1.47. The molecular weight excluding hydrogens is 544 g/mol. The molecule has 9 heteroatoms. The minimum Gasteiger partial charge on any atom is -0.495 e. The van der Waals surface area contributed by atoms with Crippen molar-refractivity contribution in [1.82, 2.24) is 10.3 Å². The fourth-order valence-electron chi connectivity index (χ4n) is 5.07. The van der Waals surface area contributed by atoms with E-state index in [9.17, 15) is 19.2 Å². The predicted octanol–water partition coefficient (Wildman–Crippen LogP) is 3.93. The number of aromatic nitrogens is 1. The maximum Gasteiger partial charge on any atom is 0.255 e. The molecule has 1 amide bonds. The lowest BCUT2D eigenvalue weighted by atomic mass is 9.82. The van der Waals surface area contributed by atoms with Crippen molar-refractivity contribution in [2.75, 3.05) is 7.11 Å². The number of fused-ring (bicyclic) bond motifs is 1. The molecular formula is C34H36N4O5. The fraction of sp³-hybridized carbons (Fsp3) is 0.265. The number of amides is 1. The maximum absolute atomic E-state index is 13.8. The van der Waals surface area contributed by atoms with Gasteiger partial charge in [-0.05, 0) is 41.5 Å². The van der Waals surface area contributed by atoms with Crippen LogP contribution >= 0.6 is 0 Å². The molecule has 43 heavy (non-hydrogen) atoms. The Morgan fingerprint density at radius 3 is 2.21 bits per heavy atom. The summed E-state index contributed by atoms with van der Waals surface area (Å²) in [4.78, 5) is 58.4. The number of ketones is 3. The number of methoxy groups -OCH3 is 1. The van der Waals surface area contributed by atoms with Crippen molar-refractivity contribution < 1.29 is 23.9 Å². The molecule has 4 rings (SSSR count). The minimum absolute atomic E-state index is 0.00314. The van der Waals surface area contributed by atoms with Crippen LogP contribution in [0.4, 0.5) is 0 Å². The van der Waals surface area contributed by atoms with Crippen molar-refractivity contribution in [3.05, 3.63) is 108 Å². The molecule has 0 saturated heterocycles. The quantitative estimate of drug-likeness (QED) is 0.159. The average Bonchev–Trinajstić information content (AvgIpc) is 3.00. The standard InChI is InChI=1S/C34H36N4O5/c1-21(2)19-27(38-33(42)25-17-16-22-11-7-8-14-24(22)31(25)43-3)28(39)20-29(40)34(35,36)32(41)30(23-12-5-4-6-13-23)26-15-9-10-18-37-26/h4-18,21,27,30H,19-20,35-36H2,1-3H3,(H,38,42)/t27-,30?/m0/s1. The first-order valence-corrected chi connectivity index (χ1v) is 14.0. The van der Waals surface area contributed by atoms with E-state index in [1.165, 1.54) is 13.3 Å². The summed E-state index contributed by atoms with van der Waals surface area (Å²) in [5, 5.41) is 4.40. The van der Waals surface area contributed by atoms with Crippen molar-refractivity contribution in [3.8, 4) is 5.75 Å². The smallest absolute Gasteiger partial charge is 0.255 e. The van der Waals surface area contributed by atoms with Gasteiger partial charge in [0.05, 0.1) is 36.7 Å². The Bertz CT molecular complexity index is 1580. The van der Waals surface area contributed by atoms with Crippen LogP contribution in [0.15, 0.2) is 91.1 Å². The third-order valence-corrected chi connectivity index (χ3v) is 7.31. The van der Waals surface area contributed by atoms with Crippen LogP contribution in [0.3, 0.4) is 0 Å². The highest BCUT2D eigenvalue weighted by Gasteiger charge is 2.44. The molecule has 0 radical (unpaired) electrons. The van der Waals surface area contributed by atoms with E-state index in [0.717, 1.165) is 10.8 Å². The van der Waals surface area contributed by atoms with Gasteiger partial charge in [0.2, 0.25) is 0 Å². The van der Waals surface area contributed by atoms with Crippen molar-refractivity contribution >= 4 is 34.0 Å². The monoisotopic (exact) mass is 580 g/mol. The molecule has 5 N–H and O–H groups in total. The number of nitrogens with one attached hydrogen (secondary N) is 1. The van der Waals surface area contributed by atoms with Crippen molar-refractivity contribution in [2.24, 2.45) is 17.4 Å². The second-order valence-electron chi connectivity index (χ2n) is 10.9. The summed E-state index contributed by atoms with van der Waals surface area (Å²) in [6, 6.07) is 23.7. The average molecular weight is 581 g/mol. The number of carbonyl (C=O) groups is 4. The zero-order valence-electron chi connectivity index (χ0n) is 24.4. The van der Waals surface area contributed by atoms with Crippen LogP contribution < -0.4 is 21.5 Å². The Morgan fingerprint density at radius 1 is 0.884 bits per heavy atom. The van der Waals surface area contributed by atoms with E-state index < -0.39 is 47.3 Å². The molecule has 1 aromatic heterocycles. The lowest BCUT2D eigenvalue weighted by Crippen LogP contribution is -2.64. The van der Waals surface area contributed by atoms with Gasteiger partial charge in [-0.1, -0.05) is 80.6 Å². The number of ether oxygens (including phenoxy) is 1. The summed E-state index contributed by atoms with van der Waals surface area (Å²) in [5.74, 6) is -3.53. The van der Waals surface area contributed by atoms with Crippen LogP contribution in [0.25, 0.3) is 10.8 Å². The minimum atomic E-state index is -2.48. The third kappa shape index (κ3) is 7.02. The van der Waals surface area contributed by atoms with Crippen molar-refractivity contribution in [2.45, 2.75) is 44.3 Å². The van der Waals surface area contributed by atoms with Gasteiger partial charge in [0.1, 0.15) is 5.75 Å². The first-order valence-electron chi connectivity index (χ1n) is 14.0. The molecule has 9 nitrogen and oxygen atoms in total. The number of nitrogens with zero attached hydrogens (tertiary/aromatic N) is 1. The SMILES string of the molecule is COc1c(C(=O)N[C@@H](CC(C)C)C(=O)CC(=O)C(N)(N)C(=O)C(c2ccccc2)c2ccccn2)ccc2ccccc12. The number of benzene rings is 3. The van der Waals surface area contributed by atoms with Gasteiger partial charge >= 0.3 is 0 Å². The molecule has 0 spiro atoms. The first kappa shape index (κ1) is 31.2. The summed E-state index contributed by atoms with van der Waals surface area (Å²) in [5.41, 5.74) is 11.1. The van der Waals surface area contributed by atoms with Crippen molar-refractivity contribution in [3.63, 3.8) is 0 Å². The molecule has 0 aliphatic rings. The normalized spacial score (nSPS) is 12.9. The highest BCUT2D eigenvalue weighted by molar-refractivity contribution is 6.19. The number of hydrogen-bond acceptors (Lipinski definition) is 8. The molecule has 1 heterocycles. The first-order chi connectivity index (χ1) is 20.5. The molecule has 4 aromatic rings. The predicted molar refractivity (Wildman–Crippen MR) is 164 cm³/mol. The van der Waals surface area contributed by atoms with Crippen molar-refractivity contribution in [1.29, 1.82) is 0 Å². The lowest BCUT2D eigenvalue weighted by molar-refractivity contribution is -0.137. The van der Waals surface area contributed by atoms with E-state index in [-0.39, 0.29) is 17.9 Å². The van der Waals surface area contributed by atoms with Crippen LogP contribution in [-0.4, -0.2) is 47.1 Å². The molecule has 2 atom stereocenters. The number of carbonyl (C=O) groups excluding carboxylic acids is 4. The molecule has 222 valence electrons. The van der Waals surface area contributed by atoms with Gasteiger partial charge in [-0.15, -0.1) is 0 Å². The number of pyridine rings is 1. The van der Waals surface area contributed by atoms with E-state index in [0.29, 0.717) is 17.0 Å². The third-order valence-electron chi connectivity index (χ3n) is 7.31. The Labute approximate surface area is 250 Å². The zero-order valence-corrected chi connectivity index (χ0v) is 24.4. The van der Waals surface area contributed by atoms with Gasteiger partial charge in [-0.25, -0.2) is 0 Å². The van der Waals surface area contributed by atoms with Gasteiger partial charge < -0.3 is 21.5 Å². The second-order valence-corrected chi connectivity index (χ2v) is 10.9. The number of nitrogens with two attached hydrogens (primary N) is 2. The van der Waals surface area contributed by atoms with Gasteiger partial charge in [0.15, 0.2) is 23.0 Å². The lowest BCUT2D eigenvalue weighted by Gasteiger charge is -2.27. The fourth-order valence-corrected chi connectivity index (χ4v) is 5.07. The summed E-state index contributed by atoms with van der Waals surface area (Å²) in [6.45, 7) is 3.78. The number of Topliss-reactive ketones (excluding diaryl/α,β-unsaturated/α-hetero) is 3. The van der Waals surface area contributed by atoms with E-state index >= 15 is 0 Å². The van der Waals surface area contributed by atoms with Gasteiger partial charge in [0.25, 0.3) is 5.91 Å². The van der Waals surface area contributed by atoms with E-state index in [2.05, 4.69) is 10.3 Å². The zero-order chi connectivity index (χ0) is 31.1. The van der Waals surface area contributed by atoms with E-state index in [1.54, 1.807) is 60.7 Å². The molecule has 0 bridgehead atoms.